The molecule has 3 atom stereocenters. The minimum atomic E-state index is -1.44. The van der Waals surface area contributed by atoms with Crippen molar-refractivity contribution >= 4 is 28.9 Å². The van der Waals surface area contributed by atoms with E-state index in [-0.39, 0.29) is 18.1 Å². The molecule has 0 aliphatic carbocycles. The molecule has 13 nitrogen and oxygen atoms in total. The number of carbonyl (C=O) groups is 3. The Morgan fingerprint density at radius 2 is 1.53 bits per heavy atom. The number of ether oxygens (including phenoxy) is 3. The van der Waals surface area contributed by atoms with E-state index in [0.717, 1.165) is 31.9 Å². The molecular weight excluding hydrogens is 476 g/mol. The van der Waals surface area contributed by atoms with Crippen molar-refractivity contribution in [2.24, 2.45) is 0 Å². The summed E-state index contributed by atoms with van der Waals surface area (Å²) in [5.41, 5.74) is 0.742. The number of fused-ring (bicyclic) bond motifs is 2. The summed E-state index contributed by atoms with van der Waals surface area (Å²) < 4.78 is 17.3. The van der Waals surface area contributed by atoms with E-state index in [1.54, 1.807) is 12.1 Å². The first kappa shape index (κ1) is 26.5. The number of carbonyl (C=O) groups excluding carboxylic acids is 3. The largest absolute Gasteiger partial charge is 0.457 e. The molecule has 2 aliphatic heterocycles. The summed E-state index contributed by atoms with van der Waals surface area (Å²) >= 11 is 0. The topological polar surface area (TPSA) is 180 Å². The minimum absolute atomic E-state index is 0.105. The third kappa shape index (κ3) is 5.74. The maximum Gasteiger partial charge on any atom is 0.349 e. The molecule has 192 valence electrons. The molecule has 0 saturated carbocycles. The fourth-order valence-electron chi connectivity index (χ4n) is 3.84. The third-order valence-corrected chi connectivity index (χ3v) is 5.44. The molecule has 1 aromatic rings. The third-order valence-electron chi connectivity index (χ3n) is 5.44. The van der Waals surface area contributed by atoms with Crippen LogP contribution in [0.5, 0.6) is 0 Å². The molecule has 0 amide bonds. The van der Waals surface area contributed by atoms with Gasteiger partial charge in [-0.05, 0) is 37.1 Å². The summed E-state index contributed by atoms with van der Waals surface area (Å²) in [4.78, 5) is 70.5. The number of benzene rings is 1. The molecule has 3 rings (SSSR count). The second-order valence-corrected chi connectivity index (χ2v) is 8.24. The highest BCUT2D eigenvalue weighted by Crippen LogP contribution is 2.26. The number of aliphatic hydroxyl groups excluding tert-OH is 1. The summed E-state index contributed by atoms with van der Waals surface area (Å²) in [6.45, 7) is 5.98. The van der Waals surface area contributed by atoms with Crippen LogP contribution in [0.25, 0.3) is 22.6 Å². The molecule has 0 spiro atoms. The Kier molecular flexibility index (Phi) is 7.83. The van der Waals surface area contributed by atoms with E-state index < -0.39 is 54.1 Å². The molecule has 0 aromatic heterocycles. The van der Waals surface area contributed by atoms with E-state index in [2.05, 4.69) is 15.0 Å². The van der Waals surface area contributed by atoms with E-state index in [4.69, 9.17) is 14.2 Å². The molecule has 0 fully saturated rings. The van der Waals surface area contributed by atoms with Crippen LogP contribution < -0.4 is 11.2 Å². The van der Waals surface area contributed by atoms with Gasteiger partial charge in [0.05, 0.1) is 24.2 Å². The number of nitrogens with one attached hydrogen (secondary N) is 1. The lowest BCUT2D eigenvalue weighted by Crippen LogP contribution is -2.48. The number of hydrogen-bond donors (Lipinski definition) is 2. The van der Waals surface area contributed by atoms with Gasteiger partial charge in [-0.25, -0.2) is 9.78 Å². The highest BCUT2D eigenvalue weighted by molar-refractivity contribution is 5.81. The smallest absolute Gasteiger partial charge is 0.349 e. The van der Waals surface area contributed by atoms with Crippen molar-refractivity contribution in [1.29, 1.82) is 0 Å². The van der Waals surface area contributed by atoms with Crippen LogP contribution in [0.3, 0.4) is 0 Å². The Labute approximate surface area is 204 Å². The average molecular weight is 502 g/mol. The van der Waals surface area contributed by atoms with Crippen molar-refractivity contribution in [3.8, 4) is 11.5 Å². The van der Waals surface area contributed by atoms with Gasteiger partial charge < -0.3 is 23.9 Å². The van der Waals surface area contributed by atoms with Crippen molar-refractivity contribution in [1.82, 2.24) is 19.5 Å². The van der Waals surface area contributed by atoms with Gasteiger partial charge in [-0.15, -0.1) is 0 Å². The predicted molar refractivity (Wildman–Crippen MR) is 124 cm³/mol. The fourth-order valence-corrected chi connectivity index (χ4v) is 3.84. The number of aromatic amines is 1. The molecule has 0 bridgehead atoms. The molecule has 13 heteroatoms. The van der Waals surface area contributed by atoms with Gasteiger partial charge in [-0.1, -0.05) is 0 Å². The van der Waals surface area contributed by atoms with Crippen LogP contribution >= 0.6 is 0 Å². The molecule has 0 unspecified atom stereocenters. The van der Waals surface area contributed by atoms with Crippen molar-refractivity contribution < 1.29 is 33.7 Å². The van der Waals surface area contributed by atoms with E-state index in [0.29, 0.717) is 11.0 Å². The Bertz CT molecular complexity index is 1410. The number of aromatic nitrogens is 4. The zero-order chi connectivity index (χ0) is 26.7. The SMILES string of the molecule is CC(=O)O[C@@H]([C@H](CO)OC(C)=O)[C@@H](Cn1c2nc(=O)[nH]c(=O)c-2nc2cc(C)c(C)cc21)OC(C)=O. The quantitative estimate of drug-likeness (QED) is 0.240. The number of rotatable bonds is 8. The Hall–Kier alpha value is -4.13. The average Bonchev–Trinajstić information content (AvgIpc) is 2.76. The zero-order valence-electron chi connectivity index (χ0n) is 20.4. The van der Waals surface area contributed by atoms with E-state index in [1.165, 1.54) is 4.57 Å². The molecule has 0 radical (unpaired) electrons. The Morgan fingerprint density at radius 3 is 2.11 bits per heavy atom. The highest BCUT2D eigenvalue weighted by atomic mass is 16.6. The standard InChI is InChI=1S/C23H26N4O9/c1-10-6-15-16(7-11(10)2)27(21-19(24-15)22(32)26-23(33)25-21)8-17(34-12(3)29)20(36-14(5)31)18(9-28)35-13(4)30/h6-7,17-18,20,28H,8-9H2,1-5H3,(H,26,32,33)/t17-,18+,20-/m1/s1. The van der Waals surface area contributed by atoms with Crippen LogP contribution in [0.2, 0.25) is 0 Å². The van der Waals surface area contributed by atoms with Gasteiger partial charge in [0.15, 0.2) is 29.8 Å². The highest BCUT2D eigenvalue weighted by Gasteiger charge is 2.38. The molecular formula is C23H26N4O9. The van der Waals surface area contributed by atoms with E-state index >= 15 is 0 Å². The molecule has 2 N–H and O–H groups in total. The van der Waals surface area contributed by atoms with Crippen LogP contribution in [-0.4, -0.2) is 67.5 Å². The van der Waals surface area contributed by atoms with Crippen LogP contribution in [-0.2, 0) is 35.1 Å². The van der Waals surface area contributed by atoms with Gasteiger partial charge in [-0.3, -0.25) is 24.2 Å². The van der Waals surface area contributed by atoms with Crippen LogP contribution in [0.15, 0.2) is 21.7 Å². The van der Waals surface area contributed by atoms with Crippen molar-refractivity contribution in [3.05, 3.63) is 44.1 Å². The molecule has 2 aliphatic rings. The lowest BCUT2D eigenvalue weighted by Gasteiger charge is -2.32. The van der Waals surface area contributed by atoms with Gasteiger partial charge in [0, 0.05) is 20.8 Å². The molecule has 36 heavy (non-hydrogen) atoms. The number of esters is 3. The van der Waals surface area contributed by atoms with Gasteiger partial charge in [0.1, 0.15) is 0 Å². The van der Waals surface area contributed by atoms with Crippen molar-refractivity contribution in [3.63, 3.8) is 0 Å². The van der Waals surface area contributed by atoms with E-state index in [1.807, 2.05) is 13.8 Å². The summed E-state index contributed by atoms with van der Waals surface area (Å²) in [5, 5.41) is 9.87. The van der Waals surface area contributed by atoms with Gasteiger partial charge in [-0.2, -0.15) is 4.98 Å². The first-order valence-electron chi connectivity index (χ1n) is 11.0. The monoisotopic (exact) mass is 502 g/mol. The van der Waals surface area contributed by atoms with Crippen LogP contribution in [0.4, 0.5) is 0 Å². The number of aryl methyl sites for hydroxylation is 2. The molecule has 1 aromatic carbocycles. The fraction of sp³-hybridized carbons (Fsp3) is 0.435. The zero-order valence-corrected chi connectivity index (χ0v) is 20.4. The lowest BCUT2D eigenvalue weighted by atomic mass is 10.1. The number of H-pyrrole nitrogens is 1. The normalized spacial score (nSPS) is 13.7. The molecule has 0 saturated heterocycles. The van der Waals surface area contributed by atoms with Crippen molar-refractivity contribution in [2.45, 2.75) is 59.5 Å². The maximum atomic E-state index is 12.5. The second-order valence-electron chi connectivity index (χ2n) is 8.24. The summed E-state index contributed by atoms with van der Waals surface area (Å²) in [5.74, 6) is -2.43. The first-order valence-corrected chi connectivity index (χ1v) is 11.0. The van der Waals surface area contributed by atoms with Gasteiger partial charge in [0.2, 0.25) is 0 Å². The molecule has 2 heterocycles. The van der Waals surface area contributed by atoms with E-state index in [9.17, 15) is 29.1 Å². The van der Waals surface area contributed by atoms with Crippen LogP contribution in [0.1, 0.15) is 31.9 Å². The summed E-state index contributed by atoms with van der Waals surface area (Å²) in [6, 6.07) is 3.50. The van der Waals surface area contributed by atoms with Gasteiger partial charge >= 0.3 is 23.6 Å². The van der Waals surface area contributed by atoms with Crippen LogP contribution in [0, 0.1) is 13.8 Å². The Morgan fingerprint density at radius 1 is 0.944 bits per heavy atom. The Balaban J connectivity index is 2.29. The predicted octanol–water partition coefficient (Wildman–Crippen LogP) is -0.0112. The van der Waals surface area contributed by atoms with Crippen molar-refractivity contribution in [2.75, 3.05) is 6.61 Å². The minimum Gasteiger partial charge on any atom is -0.457 e. The lowest BCUT2D eigenvalue weighted by molar-refractivity contribution is -0.187. The number of aliphatic hydroxyl groups is 1. The summed E-state index contributed by atoms with van der Waals surface area (Å²) in [7, 11) is 0. The van der Waals surface area contributed by atoms with Gasteiger partial charge in [0.25, 0.3) is 5.56 Å². The first-order chi connectivity index (χ1) is 16.9. The maximum absolute atomic E-state index is 12.5. The number of hydrogen-bond acceptors (Lipinski definition) is 11. The second kappa shape index (κ2) is 10.6. The summed E-state index contributed by atoms with van der Waals surface area (Å²) in [6.07, 6.45) is -4.16. The number of nitrogens with zero attached hydrogens (tertiary/aromatic N) is 3.